The smallest absolute Gasteiger partial charge is 0.161 e. The molecule has 1 aliphatic rings. The molecule has 22 heavy (non-hydrogen) atoms. The van der Waals surface area contributed by atoms with E-state index in [-0.39, 0.29) is 17.9 Å². The van der Waals surface area contributed by atoms with E-state index in [9.17, 15) is 0 Å². The molecule has 4 heteroatoms. The molecule has 2 aromatic rings. The van der Waals surface area contributed by atoms with Gasteiger partial charge in [0.15, 0.2) is 11.5 Å². The van der Waals surface area contributed by atoms with Crippen LogP contribution < -0.4 is 14.8 Å². The summed E-state index contributed by atoms with van der Waals surface area (Å²) in [6.45, 7) is 3.18. The van der Waals surface area contributed by atoms with Crippen molar-refractivity contribution in [3.63, 3.8) is 0 Å². The van der Waals surface area contributed by atoms with Gasteiger partial charge in [-0.3, -0.25) is 0 Å². The van der Waals surface area contributed by atoms with Crippen LogP contribution in [0.5, 0.6) is 11.5 Å². The highest BCUT2D eigenvalue weighted by Crippen LogP contribution is 2.40. The van der Waals surface area contributed by atoms with Gasteiger partial charge in [0.1, 0.15) is 0 Å². The predicted octanol–water partition coefficient (Wildman–Crippen LogP) is 3.53. The minimum atomic E-state index is -0.200. The molecule has 3 nitrogen and oxygen atoms in total. The van der Waals surface area contributed by atoms with Gasteiger partial charge in [-0.2, -0.15) is 0 Å². The minimum Gasteiger partial charge on any atom is -0.493 e. The van der Waals surface area contributed by atoms with Crippen molar-refractivity contribution in [2.24, 2.45) is 0 Å². The second-order valence-electron chi connectivity index (χ2n) is 5.53. The molecule has 0 aromatic heterocycles. The van der Waals surface area contributed by atoms with E-state index in [2.05, 4.69) is 48.6 Å². The van der Waals surface area contributed by atoms with Gasteiger partial charge >= 0.3 is 0 Å². The topological polar surface area (TPSA) is 30.5 Å². The lowest BCUT2D eigenvalue weighted by atomic mass is 9.78. The van der Waals surface area contributed by atoms with Crippen molar-refractivity contribution < 1.29 is 9.47 Å². The number of halogens is 1. The quantitative estimate of drug-likeness (QED) is 0.938. The Labute approximate surface area is 138 Å². The summed E-state index contributed by atoms with van der Waals surface area (Å²) in [5.74, 6) is 1.58. The van der Waals surface area contributed by atoms with E-state index in [0.717, 1.165) is 24.5 Å². The van der Waals surface area contributed by atoms with Gasteiger partial charge in [0, 0.05) is 6.54 Å². The average molecular weight is 320 g/mol. The Balaban J connectivity index is 0.00000176. The van der Waals surface area contributed by atoms with Crippen molar-refractivity contribution in [3.05, 3.63) is 59.2 Å². The molecule has 0 fully saturated rings. The van der Waals surface area contributed by atoms with Crippen molar-refractivity contribution in [1.29, 1.82) is 0 Å². The van der Waals surface area contributed by atoms with Gasteiger partial charge in [-0.15, -0.1) is 12.4 Å². The third-order valence-corrected chi connectivity index (χ3v) is 4.37. The third-order valence-electron chi connectivity index (χ3n) is 4.37. The van der Waals surface area contributed by atoms with E-state index >= 15 is 0 Å². The van der Waals surface area contributed by atoms with E-state index in [0.29, 0.717) is 0 Å². The SMILES string of the molecule is COc1cc2c(cc1OC)C(C)(c1ccccc1)NCC2.Cl. The van der Waals surface area contributed by atoms with Gasteiger partial charge < -0.3 is 14.8 Å². The molecule has 0 bridgehead atoms. The van der Waals surface area contributed by atoms with Crippen LogP contribution in [0.4, 0.5) is 0 Å². The molecule has 0 saturated heterocycles. The lowest BCUT2D eigenvalue weighted by molar-refractivity contribution is 0.348. The van der Waals surface area contributed by atoms with Crippen LogP contribution in [0.1, 0.15) is 23.6 Å². The van der Waals surface area contributed by atoms with Crippen molar-refractivity contribution in [1.82, 2.24) is 5.32 Å². The van der Waals surface area contributed by atoms with Gasteiger partial charge in [0.2, 0.25) is 0 Å². The zero-order valence-electron chi connectivity index (χ0n) is 13.2. The maximum absolute atomic E-state index is 5.48. The van der Waals surface area contributed by atoms with Gasteiger partial charge in [-0.1, -0.05) is 30.3 Å². The molecule has 0 saturated carbocycles. The highest BCUT2D eigenvalue weighted by atomic mass is 35.5. The molecule has 1 atom stereocenters. The fourth-order valence-corrected chi connectivity index (χ4v) is 3.16. The van der Waals surface area contributed by atoms with Gasteiger partial charge in [-0.25, -0.2) is 0 Å². The normalized spacial score (nSPS) is 19.8. The molecule has 1 unspecified atom stereocenters. The summed E-state index contributed by atoms with van der Waals surface area (Å²) < 4.78 is 10.9. The Morgan fingerprint density at radius 1 is 1.00 bits per heavy atom. The maximum Gasteiger partial charge on any atom is 0.161 e. The molecule has 2 aromatic carbocycles. The monoisotopic (exact) mass is 319 g/mol. The number of ether oxygens (including phenoxy) is 2. The number of benzene rings is 2. The second-order valence-corrected chi connectivity index (χ2v) is 5.53. The summed E-state index contributed by atoms with van der Waals surface area (Å²) in [5, 5.41) is 3.66. The van der Waals surface area contributed by atoms with Crippen LogP contribution in [-0.2, 0) is 12.0 Å². The van der Waals surface area contributed by atoms with Crippen molar-refractivity contribution >= 4 is 12.4 Å². The third kappa shape index (κ3) is 2.67. The Hall–Kier alpha value is -1.71. The summed E-state index contributed by atoms with van der Waals surface area (Å²) >= 11 is 0. The van der Waals surface area contributed by atoms with Crippen LogP contribution in [-0.4, -0.2) is 20.8 Å². The van der Waals surface area contributed by atoms with E-state index in [1.807, 2.05) is 6.07 Å². The first-order valence-electron chi connectivity index (χ1n) is 7.25. The fraction of sp³-hybridized carbons (Fsp3) is 0.333. The van der Waals surface area contributed by atoms with Crippen LogP contribution >= 0.6 is 12.4 Å². The van der Waals surface area contributed by atoms with E-state index < -0.39 is 0 Å². The Morgan fingerprint density at radius 3 is 2.27 bits per heavy atom. The zero-order chi connectivity index (χ0) is 14.9. The van der Waals surface area contributed by atoms with E-state index in [1.54, 1.807) is 14.2 Å². The first kappa shape index (κ1) is 16.7. The number of nitrogens with one attached hydrogen (secondary N) is 1. The first-order chi connectivity index (χ1) is 10.2. The van der Waals surface area contributed by atoms with Crippen LogP contribution in [0, 0.1) is 0 Å². The van der Waals surface area contributed by atoms with Gasteiger partial charge in [0.05, 0.1) is 19.8 Å². The molecule has 0 amide bonds. The molecule has 0 aliphatic carbocycles. The van der Waals surface area contributed by atoms with Crippen molar-refractivity contribution in [2.75, 3.05) is 20.8 Å². The van der Waals surface area contributed by atoms with Gasteiger partial charge in [0.25, 0.3) is 0 Å². The second kappa shape index (κ2) is 6.59. The Morgan fingerprint density at radius 2 is 1.64 bits per heavy atom. The number of hydrogen-bond acceptors (Lipinski definition) is 3. The number of fused-ring (bicyclic) bond motifs is 1. The molecule has 1 heterocycles. The lowest BCUT2D eigenvalue weighted by Crippen LogP contribution is -2.45. The van der Waals surface area contributed by atoms with Crippen LogP contribution in [0.2, 0.25) is 0 Å². The van der Waals surface area contributed by atoms with E-state index in [1.165, 1.54) is 16.7 Å². The average Bonchev–Trinajstić information content (AvgIpc) is 2.55. The number of rotatable bonds is 3. The molecule has 1 aliphatic heterocycles. The number of hydrogen-bond donors (Lipinski definition) is 1. The molecule has 0 spiro atoms. The summed E-state index contributed by atoms with van der Waals surface area (Å²) in [5.41, 5.74) is 3.64. The Bertz CT molecular complexity index is 645. The number of methoxy groups -OCH3 is 2. The molecule has 118 valence electrons. The van der Waals surface area contributed by atoms with Gasteiger partial charge in [-0.05, 0) is 42.2 Å². The maximum atomic E-state index is 5.48. The largest absolute Gasteiger partial charge is 0.493 e. The summed E-state index contributed by atoms with van der Waals surface area (Å²) in [7, 11) is 3.36. The zero-order valence-corrected chi connectivity index (χ0v) is 14.0. The summed E-state index contributed by atoms with van der Waals surface area (Å²) in [4.78, 5) is 0. The van der Waals surface area contributed by atoms with Crippen LogP contribution in [0.25, 0.3) is 0 Å². The molecular formula is C18H22ClNO2. The fourth-order valence-electron chi connectivity index (χ4n) is 3.16. The highest BCUT2D eigenvalue weighted by Gasteiger charge is 2.34. The van der Waals surface area contributed by atoms with Crippen molar-refractivity contribution in [2.45, 2.75) is 18.9 Å². The van der Waals surface area contributed by atoms with E-state index in [4.69, 9.17) is 9.47 Å². The minimum absolute atomic E-state index is 0. The standard InChI is InChI=1S/C18H21NO2.ClH/c1-18(14-7-5-4-6-8-14)15-12-17(21-3)16(20-2)11-13(15)9-10-19-18;/h4-8,11-12,19H,9-10H2,1-3H3;1H. The van der Waals surface area contributed by atoms with Crippen molar-refractivity contribution in [3.8, 4) is 11.5 Å². The lowest BCUT2D eigenvalue weighted by Gasteiger charge is -2.38. The molecule has 1 N–H and O–H groups in total. The Kier molecular flexibility index (Phi) is 4.99. The predicted molar refractivity (Wildman–Crippen MR) is 91.4 cm³/mol. The molecule has 3 rings (SSSR count). The first-order valence-corrected chi connectivity index (χ1v) is 7.25. The van der Waals surface area contributed by atoms with Crippen LogP contribution in [0.3, 0.4) is 0 Å². The highest BCUT2D eigenvalue weighted by molar-refractivity contribution is 5.85. The molecular weight excluding hydrogens is 298 g/mol. The molecule has 0 radical (unpaired) electrons. The summed E-state index contributed by atoms with van der Waals surface area (Å²) in [6.07, 6.45) is 0.998. The summed E-state index contributed by atoms with van der Waals surface area (Å²) in [6, 6.07) is 14.8. The van der Waals surface area contributed by atoms with Crippen LogP contribution in [0.15, 0.2) is 42.5 Å².